The van der Waals surface area contributed by atoms with Crippen LogP contribution in [0.1, 0.15) is 28.6 Å². The summed E-state index contributed by atoms with van der Waals surface area (Å²) < 4.78 is 15.1. The molecule has 1 atom stereocenters. The number of benzene rings is 1. The fourth-order valence-electron chi connectivity index (χ4n) is 2.29. The van der Waals surface area contributed by atoms with E-state index in [0.717, 1.165) is 22.5 Å². The van der Waals surface area contributed by atoms with E-state index in [2.05, 4.69) is 10.5 Å². The molecule has 0 aliphatic carbocycles. The minimum Gasteiger partial charge on any atom is -0.271 e. The minimum absolute atomic E-state index is 0.0910. The van der Waals surface area contributed by atoms with Crippen molar-refractivity contribution < 1.29 is 4.39 Å². The van der Waals surface area contributed by atoms with Gasteiger partial charge < -0.3 is 0 Å². The molecule has 19 heavy (non-hydrogen) atoms. The molecule has 1 aromatic carbocycles. The Hall–Kier alpha value is -1.72. The fraction of sp³-hybridized carbons (Fsp3) is 0.357. The largest absolute Gasteiger partial charge is 0.271 e. The smallest absolute Gasteiger partial charge is 0.123 e. The zero-order valence-corrected chi connectivity index (χ0v) is 11.4. The first-order valence-corrected chi connectivity index (χ1v) is 6.23. The quantitative estimate of drug-likeness (QED) is 0.654. The highest BCUT2D eigenvalue weighted by Gasteiger charge is 2.16. The highest BCUT2D eigenvalue weighted by atomic mass is 19.1. The van der Waals surface area contributed by atoms with E-state index in [-0.39, 0.29) is 11.9 Å². The van der Waals surface area contributed by atoms with Crippen molar-refractivity contribution in [1.82, 2.24) is 15.2 Å². The second-order valence-electron chi connectivity index (χ2n) is 4.83. The van der Waals surface area contributed by atoms with Crippen LogP contribution < -0.4 is 11.3 Å². The standard InChI is InChI=1S/C14H19FN4/c1-9-4-5-12(15)7-11(9)8-13(17-16)14-6-10(2)18-19(14)3/h4-7,13,17H,8,16H2,1-3H3. The number of hydrazine groups is 1. The predicted octanol–water partition coefficient (Wildman–Crippen LogP) is 1.92. The van der Waals surface area contributed by atoms with Gasteiger partial charge >= 0.3 is 0 Å². The highest BCUT2D eigenvalue weighted by molar-refractivity contribution is 5.29. The Kier molecular flexibility index (Phi) is 3.97. The average molecular weight is 262 g/mol. The van der Waals surface area contributed by atoms with Gasteiger partial charge in [0.1, 0.15) is 5.82 Å². The summed E-state index contributed by atoms with van der Waals surface area (Å²) in [5, 5.41) is 4.31. The van der Waals surface area contributed by atoms with Crippen molar-refractivity contribution in [2.75, 3.05) is 0 Å². The van der Waals surface area contributed by atoms with Gasteiger partial charge in [0.05, 0.1) is 17.4 Å². The van der Waals surface area contributed by atoms with Crippen molar-refractivity contribution in [3.63, 3.8) is 0 Å². The van der Waals surface area contributed by atoms with Gasteiger partial charge in [0.15, 0.2) is 0 Å². The van der Waals surface area contributed by atoms with E-state index in [1.807, 2.05) is 27.0 Å². The maximum Gasteiger partial charge on any atom is 0.123 e. The summed E-state index contributed by atoms with van der Waals surface area (Å²) in [6.45, 7) is 3.90. The molecule has 0 spiro atoms. The van der Waals surface area contributed by atoms with Gasteiger partial charge in [-0.15, -0.1) is 0 Å². The van der Waals surface area contributed by atoms with E-state index in [9.17, 15) is 4.39 Å². The molecule has 2 rings (SSSR count). The van der Waals surface area contributed by atoms with Crippen molar-refractivity contribution in [2.45, 2.75) is 26.3 Å². The molecule has 3 N–H and O–H groups in total. The van der Waals surface area contributed by atoms with E-state index in [4.69, 9.17) is 5.84 Å². The number of halogens is 1. The van der Waals surface area contributed by atoms with Gasteiger partial charge in [-0.2, -0.15) is 5.10 Å². The Bertz CT molecular complexity index is 577. The Morgan fingerprint density at radius 3 is 2.68 bits per heavy atom. The van der Waals surface area contributed by atoms with Crippen LogP contribution in [0.2, 0.25) is 0 Å². The van der Waals surface area contributed by atoms with Crippen molar-refractivity contribution in [3.8, 4) is 0 Å². The van der Waals surface area contributed by atoms with Gasteiger partial charge in [0, 0.05) is 7.05 Å². The molecule has 0 aliphatic rings. The van der Waals surface area contributed by atoms with Crippen LogP contribution in [0, 0.1) is 19.7 Å². The number of hydrogen-bond acceptors (Lipinski definition) is 3. The molecule has 0 bridgehead atoms. The van der Waals surface area contributed by atoms with Gasteiger partial charge in [-0.1, -0.05) is 6.07 Å². The summed E-state index contributed by atoms with van der Waals surface area (Å²) in [6, 6.07) is 6.71. The molecule has 0 amide bonds. The normalized spacial score (nSPS) is 12.7. The highest BCUT2D eigenvalue weighted by Crippen LogP contribution is 2.21. The molecule has 1 aromatic heterocycles. The average Bonchev–Trinajstić information content (AvgIpc) is 2.69. The Morgan fingerprint density at radius 1 is 1.37 bits per heavy atom. The van der Waals surface area contributed by atoms with Gasteiger partial charge in [-0.3, -0.25) is 16.0 Å². The predicted molar refractivity (Wildman–Crippen MR) is 72.9 cm³/mol. The first-order valence-electron chi connectivity index (χ1n) is 6.23. The molecule has 0 radical (unpaired) electrons. The van der Waals surface area contributed by atoms with Crippen LogP contribution >= 0.6 is 0 Å². The van der Waals surface area contributed by atoms with Gasteiger partial charge in [-0.25, -0.2) is 4.39 Å². The summed E-state index contributed by atoms with van der Waals surface area (Å²) in [5.74, 6) is 5.41. The van der Waals surface area contributed by atoms with Crippen LogP contribution in [0.15, 0.2) is 24.3 Å². The molecule has 1 heterocycles. The molecular weight excluding hydrogens is 243 g/mol. The second-order valence-corrected chi connectivity index (χ2v) is 4.83. The third-order valence-corrected chi connectivity index (χ3v) is 3.33. The van der Waals surface area contributed by atoms with E-state index >= 15 is 0 Å². The van der Waals surface area contributed by atoms with Gasteiger partial charge in [0.2, 0.25) is 0 Å². The zero-order valence-electron chi connectivity index (χ0n) is 11.4. The summed E-state index contributed by atoms with van der Waals surface area (Å²) in [7, 11) is 1.88. The third kappa shape index (κ3) is 3.00. The van der Waals surface area contributed by atoms with Crippen LogP contribution in [0.4, 0.5) is 4.39 Å². The number of nitrogens with zero attached hydrogens (tertiary/aromatic N) is 2. The Morgan fingerprint density at radius 2 is 2.11 bits per heavy atom. The van der Waals surface area contributed by atoms with E-state index in [1.54, 1.807) is 16.8 Å². The maximum absolute atomic E-state index is 13.3. The minimum atomic E-state index is -0.224. The van der Waals surface area contributed by atoms with E-state index in [1.165, 1.54) is 6.07 Å². The lowest BCUT2D eigenvalue weighted by Gasteiger charge is -2.17. The molecule has 0 fully saturated rings. The van der Waals surface area contributed by atoms with Crippen LogP contribution in [0.25, 0.3) is 0 Å². The molecule has 0 saturated heterocycles. The summed E-state index contributed by atoms with van der Waals surface area (Å²) in [6.07, 6.45) is 0.624. The molecule has 0 saturated carbocycles. The SMILES string of the molecule is Cc1cc(C(Cc2cc(F)ccc2C)NN)n(C)n1. The van der Waals surface area contributed by atoms with E-state index in [0.29, 0.717) is 6.42 Å². The monoisotopic (exact) mass is 262 g/mol. The molecule has 102 valence electrons. The summed E-state index contributed by atoms with van der Waals surface area (Å²) in [5.41, 5.74) is 6.71. The number of rotatable bonds is 4. The van der Waals surface area contributed by atoms with Crippen LogP contribution in [-0.2, 0) is 13.5 Å². The Balaban J connectivity index is 2.29. The number of nitrogens with one attached hydrogen (secondary N) is 1. The number of nitrogens with two attached hydrogens (primary N) is 1. The topological polar surface area (TPSA) is 55.9 Å². The zero-order chi connectivity index (χ0) is 14.0. The van der Waals surface area contributed by atoms with Crippen LogP contribution in [-0.4, -0.2) is 9.78 Å². The number of aryl methyl sites for hydroxylation is 3. The fourth-order valence-corrected chi connectivity index (χ4v) is 2.29. The van der Waals surface area contributed by atoms with Gasteiger partial charge in [0.25, 0.3) is 0 Å². The molecule has 2 aromatic rings. The summed E-state index contributed by atoms with van der Waals surface area (Å²) in [4.78, 5) is 0. The lowest BCUT2D eigenvalue weighted by Crippen LogP contribution is -2.31. The van der Waals surface area contributed by atoms with Crippen molar-refractivity contribution >= 4 is 0 Å². The Labute approximate surface area is 112 Å². The number of aromatic nitrogens is 2. The van der Waals surface area contributed by atoms with Crippen LogP contribution in [0.5, 0.6) is 0 Å². The van der Waals surface area contributed by atoms with Crippen molar-refractivity contribution in [1.29, 1.82) is 0 Å². The van der Waals surface area contributed by atoms with Crippen molar-refractivity contribution in [2.24, 2.45) is 12.9 Å². The maximum atomic E-state index is 13.3. The third-order valence-electron chi connectivity index (χ3n) is 3.33. The lowest BCUT2D eigenvalue weighted by molar-refractivity contribution is 0.506. The first kappa shape index (κ1) is 13.7. The van der Waals surface area contributed by atoms with Gasteiger partial charge in [-0.05, 0) is 49.6 Å². The molecule has 4 nitrogen and oxygen atoms in total. The molecule has 5 heteroatoms. The van der Waals surface area contributed by atoms with E-state index < -0.39 is 0 Å². The summed E-state index contributed by atoms with van der Waals surface area (Å²) >= 11 is 0. The second kappa shape index (κ2) is 5.50. The van der Waals surface area contributed by atoms with Crippen molar-refractivity contribution in [3.05, 3.63) is 52.6 Å². The number of hydrogen-bond donors (Lipinski definition) is 2. The molecule has 1 unspecified atom stereocenters. The molecular formula is C14H19FN4. The van der Waals surface area contributed by atoms with Crippen LogP contribution in [0.3, 0.4) is 0 Å². The lowest BCUT2D eigenvalue weighted by atomic mass is 9.99. The molecule has 0 aliphatic heterocycles. The first-order chi connectivity index (χ1) is 9.01.